The van der Waals surface area contributed by atoms with Gasteiger partial charge in [0.15, 0.2) is 5.65 Å². The molecule has 3 heterocycles. The molecular weight excluding hydrogens is 338 g/mol. The lowest BCUT2D eigenvalue weighted by molar-refractivity contribution is 0.503. The molecule has 1 unspecified atom stereocenters. The van der Waals surface area contributed by atoms with Gasteiger partial charge in [-0.05, 0) is 37.5 Å². The lowest BCUT2D eigenvalue weighted by Crippen LogP contribution is -2.43. The van der Waals surface area contributed by atoms with Gasteiger partial charge in [-0.1, -0.05) is 13.0 Å². The second-order valence-corrected chi connectivity index (χ2v) is 7.06. The summed E-state index contributed by atoms with van der Waals surface area (Å²) in [5, 5.41) is 11.2. The summed E-state index contributed by atoms with van der Waals surface area (Å²) in [7, 11) is 1.92. The van der Waals surface area contributed by atoms with E-state index in [-0.39, 0.29) is 6.04 Å². The van der Waals surface area contributed by atoms with Gasteiger partial charge >= 0.3 is 0 Å². The summed E-state index contributed by atoms with van der Waals surface area (Å²) in [6, 6.07) is 10.5. The first kappa shape index (κ1) is 17.6. The molecule has 0 amide bonds. The molecule has 1 aromatic carbocycles. The van der Waals surface area contributed by atoms with Crippen LogP contribution in [0, 0.1) is 0 Å². The molecule has 4 N–H and O–H groups in total. The van der Waals surface area contributed by atoms with Gasteiger partial charge in [-0.25, -0.2) is 4.98 Å². The minimum atomic E-state index is 0.205. The van der Waals surface area contributed by atoms with Crippen LogP contribution in [0.1, 0.15) is 25.3 Å². The van der Waals surface area contributed by atoms with E-state index < -0.39 is 0 Å². The summed E-state index contributed by atoms with van der Waals surface area (Å²) >= 11 is 0. The number of fused-ring (bicyclic) bond motifs is 1. The van der Waals surface area contributed by atoms with E-state index in [2.05, 4.69) is 39.7 Å². The third kappa shape index (κ3) is 3.55. The van der Waals surface area contributed by atoms with Crippen LogP contribution in [-0.2, 0) is 6.42 Å². The van der Waals surface area contributed by atoms with Crippen molar-refractivity contribution in [3.05, 3.63) is 42.1 Å². The molecule has 4 rings (SSSR count). The fraction of sp³-hybridized carbons (Fsp3) is 0.400. The number of aromatic nitrogens is 3. The van der Waals surface area contributed by atoms with Gasteiger partial charge in [0, 0.05) is 49.2 Å². The number of hydrogen-bond acceptors (Lipinski definition) is 6. The van der Waals surface area contributed by atoms with Crippen molar-refractivity contribution >= 4 is 28.7 Å². The molecule has 1 saturated heterocycles. The lowest BCUT2D eigenvalue weighted by Gasteiger charge is -2.32. The first-order valence-electron chi connectivity index (χ1n) is 9.61. The van der Waals surface area contributed by atoms with Crippen molar-refractivity contribution in [3.63, 3.8) is 0 Å². The van der Waals surface area contributed by atoms with Gasteiger partial charge in [0.05, 0.1) is 6.20 Å². The van der Waals surface area contributed by atoms with Crippen LogP contribution in [0.3, 0.4) is 0 Å². The van der Waals surface area contributed by atoms with Gasteiger partial charge < -0.3 is 21.3 Å². The smallest absolute Gasteiger partial charge is 0.162 e. The monoisotopic (exact) mass is 365 g/mol. The predicted octanol–water partition coefficient (Wildman–Crippen LogP) is 3.00. The van der Waals surface area contributed by atoms with Gasteiger partial charge in [-0.3, -0.25) is 0 Å². The Balaban J connectivity index is 1.76. The molecule has 0 radical (unpaired) electrons. The maximum Gasteiger partial charge on any atom is 0.162 e. The van der Waals surface area contributed by atoms with Crippen molar-refractivity contribution in [2.45, 2.75) is 32.2 Å². The van der Waals surface area contributed by atoms with Crippen molar-refractivity contribution in [1.29, 1.82) is 0 Å². The van der Waals surface area contributed by atoms with Crippen molar-refractivity contribution < 1.29 is 0 Å². The highest BCUT2D eigenvalue weighted by Gasteiger charge is 2.20. The molecular formula is C20H27N7. The molecule has 0 bridgehead atoms. The fourth-order valence-electron chi connectivity index (χ4n) is 3.61. The van der Waals surface area contributed by atoms with Crippen LogP contribution in [0.4, 0.5) is 23.0 Å². The minimum Gasteiger partial charge on any atom is -0.388 e. The van der Waals surface area contributed by atoms with E-state index in [4.69, 9.17) is 10.7 Å². The third-order valence-electron chi connectivity index (χ3n) is 5.12. The van der Waals surface area contributed by atoms with Crippen LogP contribution in [-0.4, -0.2) is 40.8 Å². The summed E-state index contributed by atoms with van der Waals surface area (Å²) in [6.07, 6.45) is 4.98. The van der Waals surface area contributed by atoms with E-state index in [9.17, 15) is 0 Å². The van der Waals surface area contributed by atoms with Crippen LogP contribution in [0.25, 0.3) is 5.65 Å². The average molecular weight is 365 g/mol. The van der Waals surface area contributed by atoms with Crippen molar-refractivity contribution in [2.75, 3.05) is 35.7 Å². The molecule has 1 aliphatic heterocycles. The number of anilines is 4. The summed E-state index contributed by atoms with van der Waals surface area (Å²) in [5.74, 6) is 1.86. The molecule has 0 spiro atoms. The fourth-order valence-corrected chi connectivity index (χ4v) is 3.61. The van der Waals surface area contributed by atoms with Crippen LogP contribution in [0.5, 0.6) is 0 Å². The van der Waals surface area contributed by atoms with Crippen molar-refractivity contribution in [3.8, 4) is 0 Å². The molecule has 2 aromatic heterocycles. The zero-order chi connectivity index (χ0) is 18.8. The molecule has 3 aromatic rings. The average Bonchev–Trinajstić information content (AvgIpc) is 3.11. The number of nitrogens with one attached hydrogen (secondary N) is 2. The lowest BCUT2D eigenvalue weighted by atomic mass is 10.1. The number of piperidine rings is 1. The standard InChI is InChI=1S/C20H27N7/c1-3-14-12-23-27-19(24-17-8-4-7-16(10-17)22-2)11-18(25-20(14)27)26-9-5-6-15(21)13-26/h4,7-8,10-12,15,22,24H,3,5-6,9,13,21H2,1-2H3. The van der Waals surface area contributed by atoms with Crippen LogP contribution >= 0.6 is 0 Å². The Labute approximate surface area is 159 Å². The number of benzene rings is 1. The van der Waals surface area contributed by atoms with Gasteiger partial charge in [0.2, 0.25) is 0 Å². The van der Waals surface area contributed by atoms with E-state index in [0.717, 1.165) is 66.6 Å². The second-order valence-electron chi connectivity index (χ2n) is 7.06. The Kier molecular flexibility index (Phi) is 4.85. The molecule has 1 aliphatic rings. The summed E-state index contributed by atoms with van der Waals surface area (Å²) in [5.41, 5.74) is 10.3. The Morgan fingerprint density at radius 2 is 2.11 bits per heavy atom. The summed E-state index contributed by atoms with van der Waals surface area (Å²) < 4.78 is 1.89. The first-order valence-corrected chi connectivity index (χ1v) is 9.61. The Bertz CT molecular complexity index is 933. The molecule has 27 heavy (non-hydrogen) atoms. The second kappa shape index (κ2) is 7.44. The van der Waals surface area contributed by atoms with E-state index in [1.165, 1.54) is 0 Å². The van der Waals surface area contributed by atoms with Gasteiger partial charge in [0.25, 0.3) is 0 Å². The number of hydrogen-bond donors (Lipinski definition) is 3. The molecule has 7 nitrogen and oxygen atoms in total. The number of rotatable bonds is 5. The van der Waals surface area contributed by atoms with E-state index in [0.29, 0.717) is 0 Å². The molecule has 0 saturated carbocycles. The van der Waals surface area contributed by atoms with Crippen molar-refractivity contribution in [2.24, 2.45) is 5.73 Å². The summed E-state index contributed by atoms with van der Waals surface area (Å²) in [4.78, 5) is 7.21. The highest BCUT2D eigenvalue weighted by molar-refractivity contribution is 5.68. The van der Waals surface area contributed by atoms with E-state index in [1.54, 1.807) is 0 Å². The van der Waals surface area contributed by atoms with Gasteiger partial charge in [-0.2, -0.15) is 9.61 Å². The Morgan fingerprint density at radius 1 is 1.26 bits per heavy atom. The number of nitrogens with zero attached hydrogens (tertiary/aromatic N) is 4. The normalized spacial score (nSPS) is 17.3. The molecule has 1 fully saturated rings. The van der Waals surface area contributed by atoms with Gasteiger partial charge in [0.1, 0.15) is 11.6 Å². The molecule has 0 aliphatic carbocycles. The maximum absolute atomic E-state index is 6.20. The van der Waals surface area contributed by atoms with Crippen LogP contribution in [0.2, 0.25) is 0 Å². The van der Waals surface area contributed by atoms with E-state index >= 15 is 0 Å². The zero-order valence-electron chi connectivity index (χ0n) is 15.9. The SMILES string of the molecule is CCc1cnn2c(Nc3cccc(NC)c3)cc(N3CCCC(N)C3)nc12. The Morgan fingerprint density at radius 3 is 2.89 bits per heavy atom. The molecule has 1 atom stereocenters. The Hall–Kier alpha value is -2.80. The van der Waals surface area contributed by atoms with Crippen LogP contribution in [0.15, 0.2) is 36.5 Å². The minimum absolute atomic E-state index is 0.205. The summed E-state index contributed by atoms with van der Waals surface area (Å²) in [6.45, 7) is 3.96. The van der Waals surface area contributed by atoms with Crippen molar-refractivity contribution in [1.82, 2.24) is 14.6 Å². The molecule has 142 valence electrons. The largest absolute Gasteiger partial charge is 0.388 e. The van der Waals surface area contributed by atoms with E-state index in [1.807, 2.05) is 36.0 Å². The zero-order valence-corrected chi connectivity index (χ0v) is 15.9. The first-order chi connectivity index (χ1) is 13.2. The third-order valence-corrected chi connectivity index (χ3v) is 5.12. The highest BCUT2D eigenvalue weighted by atomic mass is 15.3. The maximum atomic E-state index is 6.20. The van der Waals surface area contributed by atoms with Crippen LogP contribution < -0.4 is 21.3 Å². The molecule has 7 heteroatoms. The predicted molar refractivity (Wildman–Crippen MR) is 111 cm³/mol. The van der Waals surface area contributed by atoms with Gasteiger partial charge in [-0.15, -0.1) is 0 Å². The number of aryl methyl sites for hydroxylation is 1. The highest BCUT2D eigenvalue weighted by Crippen LogP contribution is 2.27. The quantitative estimate of drug-likeness (QED) is 0.645. The number of nitrogens with two attached hydrogens (primary N) is 1. The topological polar surface area (TPSA) is 83.5 Å².